The summed E-state index contributed by atoms with van der Waals surface area (Å²) in [5.41, 5.74) is 0.395. The van der Waals surface area contributed by atoms with Gasteiger partial charge in [-0.05, 0) is 60.2 Å². The highest BCUT2D eigenvalue weighted by molar-refractivity contribution is 5.86. The number of ether oxygens (including phenoxy) is 2. The largest absolute Gasteiger partial charge is 0.462 e. The number of aryl methyl sites for hydroxylation is 1. The molecule has 8 nitrogen and oxygen atoms in total. The minimum Gasteiger partial charge on any atom is -0.462 e. The number of fused-ring (bicyclic) bond motifs is 1. The molecule has 2 aromatic carbocycles. The summed E-state index contributed by atoms with van der Waals surface area (Å²) in [5.74, 6) is 0.412. The number of aliphatic hydroxyl groups excluding tert-OH is 3. The number of aliphatic hydroxyl groups is 4. The maximum Gasteiger partial charge on any atom is 0.255 e. The van der Waals surface area contributed by atoms with Gasteiger partial charge in [-0.1, -0.05) is 18.2 Å². The van der Waals surface area contributed by atoms with Gasteiger partial charge in [0.1, 0.15) is 29.7 Å². The van der Waals surface area contributed by atoms with Crippen molar-refractivity contribution in [2.45, 2.75) is 44.1 Å². The number of hydrogen-bond acceptors (Lipinski definition) is 7. The Morgan fingerprint density at radius 1 is 1.10 bits per heavy atom. The summed E-state index contributed by atoms with van der Waals surface area (Å²) in [6, 6.07) is 12.9. The Bertz CT molecular complexity index is 1160. The number of H-pyrrole nitrogens is 1. The normalized spacial score (nSPS) is 28.6. The molecule has 0 amide bonds. The van der Waals surface area contributed by atoms with Gasteiger partial charge in [-0.2, -0.15) is 0 Å². The van der Waals surface area contributed by atoms with Crippen molar-refractivity contribution in [1.82, 2.24) is 4.98 Å². The van der Waals surface area contributed by atoms with E-state index in [-0.39, 0.29) is 5.56 Å². The fourth-order valence-corrected chi connectivity index (χ4v) is 3.83. The molecular weight excluding hydrogens is 402 g/mol. The molecule has 5 N–H and O–H groups in total. The lowest BCUT2D eigenvalue weighted by Crippen LogP contribution is -2.66. The summed E-state index contributed by atoms with van der Waals surface area (Å²) in [4.78, 5) is 14.8. The monoisotopic (exact) mass is 427 g/mol. The number of pyridine rings is 1. The highest BCUT2D eigenvalue weighted by Gasteiger charge is 2.53. The Balaban J connectivity index is 1.61. The predicted octanol–water partition coefficient (Wildman–Crippen LogP) is 1.07. The molecule has 1 aromatic heterocycles. The van der Waals surface area contributed by atoms with Crippen molar-refractivity contribution in [3.05, 3.63) is 64.6 Å². The molecule has 1 aliphatic rings. The predicted molar refractivity (Wildman–Crippen MR) is 114 cm³/mol. The van der Waals surface area contributed by atoms with Gasteiger partial charge in [0.05, 0.1) is 6.61 Å². The van der Waals surface area contributed by atoms with E-state index in [0.717, 1.165) is 22.1 Å². The minimum atomic E-state index is -1.91. The molecule has 1 aliphatic heterocycles. The topological polar surface area (TPSA) is 132 Å². The maximum atomic E-state index is 12.1. The molecule has 164 valence electrons. The van der Waals surface area contributed by atoms with Crippen molar-refractivity contribution in [3.8, 4) is 16.9 Å². The molecule has 1 saturated heterocycles. The van der Waals surface area contributed by atoms with Crippen molar-refractivity contribution in [2.75, 3.05) is 6.61 Å². The average molecular weight is 427 g/mol. The van der Waals surface area contributed by atoms with Gasteiger partial charge >= 0.3 is 0 Å². The Morgan fingerprint density at radius 2 is 1.81 bits per heavy atom. The smallest absolute Gasteiger partial charge is 0.255 e. The fraction of sp³-hybridized carbons (Fsp3) is 0.348. The van der Waals surface area contributed by atoms with Crippen molar-refractivity contribution < 1.29 is 29.9 Å². The van der Waals surface area contributed by atoms with E-state index in [2.05, 4.69) is 4.98 Å². The van der Waals surface area contributed by atoms with E-state index in [1.54, 1.807) is 12.3 Å². The SMILES string of the molecule is Cc1cc(-c2ccc3cc[nH]c(=O)c3c2)ccc1O[C@H]1O[C@H](CO)[C@@H](O)[C@](C)(O)[C@@H]1O. The molecule has 0 saturated carbocycles. The van der Waals surface area contributed by atoms with Crippen LogP contribution in [0.1, 0.15) is 12.5 Å². The zero-order valence-corrected chi connectivity index (χ0v) is 17.1. The minimum absolute atomic E-state index is 0.160. The van der Waals surface area contributed by atoms with Crippen LogP contribution in [0.25, 0.3) is 21.9 Å². The van der Waals surface area contributed by atoms with Crippen LogP contribution in [-0.2, 0) is 4.74 Å². The number of aromatic amines is 1. The van der Waals surface area contributed by atoms with Gasteiger partial charge in [0, 0.05) is 11.6 Å². The molecule has 3 aromatic rings. The summed E-state index contributed by atoms with van der Waals surface area (Å²) >= 11 is 0. The molecule has 0 bridgehead atoms. The van der Waals surface area contributed by atoms with Crippen LogP contribution in [0.4, 0.5) is 0 Å². The van der Waals surface area contributed by atoms with Crippen LogP contribution >= 0.6 is 0 Å². The number of rotatable bonds is 4. The third-order valence-electron chi connectivity index (χ3n) is 5.82. The zero-order chi connectivity index (χ0) is 22.3. The van der Waals surface area contributed by atoms with Crippen molar-refractivity contribution in [3.63, 3.8) is 0 Å². The summed E-state index contributed by atoms with van der Waals surface area (Å²) < 4.78 is 11.2. The highest BCUT2D eigenvalue weighted by Crippen LogP contribution is 2.33. The summed E-state index contributed by atoms with van der Waals surface area (Å²) in [5, 5.41) is 41.8. The van der Waals surface area contributed by atoms with Gasteiger partial charge in [0.15, 0.2) is 0 Å². The lowest BCUT2D eigenvalue weighted by atomic mass is 9.86. The van der Waals surface area contributed by atoms with Gasteiger partial charge < -0.3 is 34.9 Å². The summed E-state index contributed by atoms with van der Waals surface area (Å²) in [7, 11) is 0. The van der Waals surface area contributed by atoms with Crippen molar-refractivity contribution in [2.24, 2.45) is 0 Å². The zero-order valence-electron chi connectivity index (χ0n) is 17.1. The van der Waals surface area contributed by atoms with Gasteiger partial charge in [-0.3, -0.25) is 4.79 Å². The van der Waals surface area contributed by atoms with Crippen LogP contribution < -0.4 is 10.3 Å². The number of benzene rings is 2. The molecule has 2 heterocycles. The van der Waals surface area contributed by atoms with Gasteiger partial charge in [-0.25, -0.2) is 0 Å². The van der Waals surface area contributed by atoms with E-state index in [1.807, 2.05) is 43.3 Å². The first-order chi connectivity index (χ1) is 14.7. The van der Waals surface area contributed by atoms with Gasteiger partial charge in [0.25, 0.3) is 5.56 Å². The second-order valence-corrected chi connectivity index (χ2v) is 8.05. The maximum absolute atomic E-state index is 12.1. The molecular formula is C23H25NO7. The van der Waals surface area contributed by atoms with E-state index in [4.69, 9.17) is 9.47 Å². The van der Waals surface area contributed by atoms with E-state index < -0.39 is 36.8 Å². The van der Waals surface area contributed by atoms with E-state index >= 15 is 0 Å². The average Bonchev–Trinajstić information content (AvgIpc) is 2.76. The fourth-order valence-electron chi connectivity index (χ4n) is 3.83. The molecule has 4 rings (SSSR count). The Hall–Kier alpha value is -2.75. The second kappa shape index (κ2) is 8.07. The molecule has 5 atom stereocenters. The van der Waals surface area contributed by atoms with E-state index in [0.29, 0.717) is 11.1 Å². The first kappa shape index (κ1) is 21.5. The summed E-state index contributed by atoms with van der Waals surface area (Å²) in [6.07, 6.45) is -3.76. The molecule has 31 heavy (non-hydrogen) atoms. The molecule has 1 fully saturated rings. The Kier molecular flexibility index (Phi) is 5.59. The third kappa shape index (κ3) is 3.84. The van der Waals surface area contributed by atoms with E-state index in [1.165, 1.54) is 6.92 Å². The lowest BCUT2D eigenvalue weighted by molar-refractivity contribution is -0.308. The molecule has 8 heteroatoms. The van der Waals surface area contributed by atoms with Crippen LogP contribution in [0.3, 0.4) is 0 Å². The number of aromatic nitrogens is 1. The molecule has 0 spiro atoms. The van der Waals surface area contributed by atoms with Crippen LogP contribution in [0.15, 0.2) is 53.5 Å². The highest BCUT2D eigenvalue weighted by atomic mass is 16.7. The Morgan fingerprint density at radius 3 is 2.52 bits per heavy atom. The quantitative estimate of drug-likeness (QED) is 0.421. The first-order valence-electron chi connectivity index (χ1n) is 9.96. The third-order valence-corrected chi connectivity index (χ3v) is 5.82. The van der Waals surface area contributed by atoms with E-state index in [9.17, 15) is 25.2 Å². The number of hydrogen-bond donors (Lipinski definition) is 5. The van der Waals surface area contributed by atoms with Crippen LogP contribution in [0.5, 0.6) is 5.75 Å². The Labute approximate surface area is 178 Å². The molecule has 0 unspecified atom stereocenters. The van der Waals surface area contributed by atoms with Crippen LogP contribution in [0.2, 0.25) is 0 Å². The second-order valence-electron chi connectivity index (χ2n) is 8.05. The van der Waals surface area contributed by atoms with Crippen LogP contribution in [-0.4, -0.2) is 62.2 Å². The standard InChI is InChI=1S/C23H25NO7/c1-12-9-14(15-4-3-13-7-8-24-21(28)16(13)10-15)5-6-17(12)30-22-20(27)23(2,29)19(26)18(11-25)31-22/h3-10,18-20,22,25-27,29H,11H2,1-2H3,(H,24,28)/t18-,19-,20-,22+,23+/m1/s1. The van der Waals surface area contributed by atoms with Crippen molar-refractivity contribution >= 4 is 10.8 Å². The molecule has 0 aliphatic carbocycles. The van der Waals surface area contributed by atoms with Crippen molar-refractivity contribution in [1.29, 1.82) is 0 Å². The lowest BCUT2D eigenvalue weighted by Gasteiger charge is -2.45. The molecule has 0 radical (unpaired) electrons. The summed E-state index contributed by atoms with van der Waals surface area (Å²) in [6.45, 7) is 2.54. The number of nitrogens with one attached hydrogen (secondary N) is 1. The first-order valence-corrected chi connectivity index (χ1v) is 9.96. The van der Waals surface area contributed by atoms with Crippen LogP contribution in [0, 0.1) is 6.92 Å². The van der Waals surface area contributed by atoms with Gasteiger partial charge in [0.2, 0.25) is 6.29 Å². The van der Waals surface area contributed by atoms with Gasteiger partial charge in [-0.15, -0.1) is 0 Å².